The minimum atomic E-state index is -1.01. The number of nitrogens with zero attached hydrogens (tertiary/aromatic N) is 4. The predicted molar refractivity (Wildman–Crippen MR) is 132 cm³/mol. The molecule has 0 radical (unpaired) electrons. The van der Waals surface area contributed by atoms with E-state index in [1.165, 1.54) is 27.7 Å². The lowest BCUT2D eigenvalue weighted by Crippen LogP contribution is -2.40. The molecule has 1 aromatic heterocycles. The highest BCUT2D eigenvalue weighted by Gasteiger charge is 2.36. The number of aromatic nitrogens is 1. The SMILES string of the molecule is CCOC(=O)C1=C(C)N=c2s/c(=C3\C(=O)N(C)c4ccccc43)c(=O)n2[C@@H]1c1cccc([N+](=O)[O-])c1. The summed E-state index contributed by atoms with van der Waals surface area (Å²) in [6, 6.07) is 11.9. The van der Waals surface area contributed by atoms with Gasteiger partial charge in [-0.15, -0.1) is 0 Å². The van der Waals surface area contributed by atoms with Crippen molar-refractivity contribution in [1.29, 1.82) is 0 Å². The maximum atomic E-state index is 13.9. The van der Waals surface area contributed by atoms with Crippen LogP contribution in [0.2, 0.25) is 0 Å². The number of anilines is 1. The number of amides is 1. The van der Waals surface area contributed by atoms with Gasteiger partial charge in [-0.05, 0) is 25.5 Å². The van der Waals surface area contributed by atoms with Crippen molar-refractivity contribution in [3.63, 3.8) is 0 Å². The van der Waals surface area contributed by atoms with Crippen molar-refractivity contribution in [1.82, 2.24) is 4.57 Å². The van der Waals surface area contributed by atoms with Crippen LogP contribution in [0.25, 0.3) is 5.57 Å². The van der Waals surface area contributed by atoms with E-state index < -0.39 is 22.5 Å². The molecule has 1 atom stereocenters. The van der Waals surface area contributed by atoms with Crippen molar-refractivity contribution in [2.24, 2.45) is 4.99 Å². The molecule has 0 saturated heterocycles. The molecule has 182 valence electrons. The fourth-order valence-electron chi connectivity index (χ4n) is 4.56. The van der Waals surface area contributed by atoms with Crippen LogP contribution in [0.1, 0.15) is 31.0 Å². The van der Waals surface area contributed by atoms with Crippen LogP contribution < -0.4 is 19.8 Å². The number of carbonyl (C=O) groups excluding carboxylic acids is 2. The lowest BCUT2D eigenvalue weighted by molar-refractivity contribution is -0.384. The molecule has 11 heteroatoms. The summed E-state index contributed by atoms with van der Waals surface area (Å²) >= 11 is 1.05. The molecule has 3 aromatic rings. The van der Waals surface area contributed by atoms with E-state index in [4.69, 9.17) is 4.74 Å². The Balaban J connectivity index is 1.84. The first-order valence-corrected chi connectivity index (χ1v) is 11.9. The molecule has 1 amide bonds. The van der Waals surface area contributed by atoms with E-state index in [9.17, 15) is 24.5 Å². The second-order valence-electron chi connectivity index (χ2n) is 8.23. The van der Waals surface area contributed by atoms with E-state index in [-0.39, 0.29) is 38.7 Å². The minimum absolute atomic E-state index is 0.101. The number of allylic oxidation sites excluding steroid dienone is 1. The van der Waals surface area contributed by atoms with Crippen molar-refractivity contribution in [3.8, 4) is 0 Å². The molecule has 5 rings (SSSR count). The Morgan fingerprint density at radius 3 is 2.67 bits per heavy atom. The van der Waals surface area contributed by atoms with Gasteiger partial charge in [-0.1, -0.05) is 41.7 Å². The average Bonchev–Trinajstić information content (AvgIpc) is 3.31. The number of likely N-dealkylation sites (N-methyl/N-ethyl adjacent to an activating group) is 1. The third kappa shape index (κ3) is 3.47. The smallest absolute Gasteiger partial charge is 0.338 e. The minimum Gasteiger partial charge on any atom is -0.463 e. The quantitative estimate of drug-likeness (QED) is 0.304. The normalized spacial score (nSPS) is 18.0. The van der Waals surface area contributed by atoms with Gasteiger partial charge in [0.15, 0.2) is 4.80 Å². The van der Waals surface area contributed by atoms with Gasteiger partial charge < -0.3 is 9.64 Å². The summed E-state index contributed by atoms with van der Waals surface area (Å²) < 4.78 is 6.75. The van der Waals surface area contributed by atoms with Crippen LogP contribution in [0.15, 0.2) is 69.6 Å². The van der Waals surface area contributed by atoms with Crippen molar-refractivity contribution in [3.05, 3.63) is 101 Å². The Hall–Kier alpha value is -4.38. The fourth-order valence-corrected chi connectivity index (χ4v) is 5.69. The highest BCUT2D eigenvalue weighted by atomic mass is 32.1. The van der Waals surface area contributed by atoms with E-state index in [0.29, 0.717) is 22.5 Å². The van der Waals surface area contributed by atoms with Crippen molar-refractivity contribution < 1.29 is 19.2 Å². The van der Waals surface area contributed by atoms with E-state index >= 15 is 0 Å². The Bertz CT molecular complexity index is 1680. The number of hydrogen-bond acceptors (Lipinski definition) is 8. The number of rotatable bonds is 4. The molecule has 2 aliphatic heterocycles. The molecule has 0 saturated carbocycles. The fraction of sp³-hybridized carbons (Fsp3) is 0.200. The second kappa shape index (κ2) is 8.68. The zero-order valence-corrected chi connectivity index (χ0v) is 20.4. The van der Waals surface area contributed by atoms with Crippen LogP contribution in [-0.4, -0.2) is 35.0 Å². The Morgan fingerprint density at radius 1 is 1.19 bits per heavy atom. The number of ether oxygens (including phenoxy) is 1. The van der Waals surface area contributed by atoms with Crippen LogP contribution in [-0.2, 0) is 14.3 Å². The number of esters is 1. The Labute approximate surface area is 208 Å². The highest BCUT2D eigenvalue weighted by Crippen LogP contribution is 2.35. The molecular formula is C25H20N4O6S. The maximum absolute atomic E-state index is 13.9. The van der Waals surface area contributed by atoms with Crippen LogP contribution in [0, 0.1) is 10.1 Å². The topological polar surface area (TPSA) is 124 Å². The number of non-ortho nitro benzene ring substituents is 1. The summed E-state index contributed by atoms with van der Waals surface area (Å²) in [5, 5.41) is 11.5. The molecule has 36 heavy (non-hydrogen) atoms. The molecule has 0 unspecified atom stereocenters. The number of nitro groups is 1. The number of hydrogen-bond donors (Lipinski definition) is 0. The molecule has 10 nitrogen and oxygen atoms in total. The number of para-hydroxylation sites is 1. The second-order valence-corrected chi connectivity index (χ2v) is 9.21. The molecule has 0 spiro atoms. The summed E-state index contributed by atoms with van der Waals surface area (Å²) in [4.78, 5) is 57.3. The van der Waals surface area contributed by atoms with E-state index in [1.54, 1.807) is 45.2 Å². The summed E-state index contributed by atoms with van der Waals surface area (Å²) in [5.41, 5.74) is 1.66. The number of carbonyl (C=O) groups is 2. The van der Waals surface area contributed by atoms with Gasteiger partial charge in [0.1, 0.15) is 4.53 Å². The third-order valence-corrected chi connectivity index (χ3v) is 7.22. The Kier molecular flexibility index (Phi) is 5.64. The van der Waals surface area contributed by atoms with Gasteiger partial charge in [-0.2, -0.15) is 0 Å². The van der Waals surface area contributed by atoms with Gasteiger partial charge in [-0.25, -0.2) is 9.79 Å². The van der Waals surface area contributed by atoms with Gasteiger partial charge in [-0.3, -0.25) is 24.3 Å². The van der Waals surface area contributed by atoms with E-state index in [1.807, 2.05) is 6.07 Å². The van der Waals surface area contributed by atoms with Gasteiger partial charge in [0, 0.05) is 24.7 Å². The highest BCUT2D eigenvalue weighted by molar-refractivity contribution is 7.07. The molecule has 3 heterocycles. The molecule has 0 N–H and O–H groups in total. The van der Waals surface area contributed by atoms with Gasteiger partial charge >= 0.3 is 5.97 Å². The first-order chi connectivity index (χ1) is 17.2. The van der Waals surface area contributed by atoms with Crippen molar-refractivity contribution in [2.45, 2.75) is 19.9 Å². The van der Waals surface area contributed by atoms with Crippen molar-refractivity contribution in [2.75, 3.05) is 18.6 Å². The summed E-state index contributed by atoms with van der Waals surface area (Å²) in [5.74, 6) is -0.995. The molecule has 0 aliphatic carbocycles. The Morgan fingerprint density at radius 2 is 1.94 bits per heavy atom. The van der Waals surface area contributed by atoms with Gasteiger partial charge in [0.25, 0.3) is 17.2 Å². The molecule has 2 aromatic carbocycles. The number of thiazole rings is 1. The van der Waals surface area contributed by atoms with Gasteiger partial charge in [0.2, 0.25) is 0 Å². The molecule has 2 aliphatic rings. The van der Waals surface area contributed by atoms with Crippen LogP contribution >= 0.6 is 11.3 Å². The summed E-state index contributed by atoms with van der Waals surface area (Å²) in [6.07, 6.45) is 0. The van der Waals surface area contributed by atoms with Gasteiger partial charge in [0.05, 0.1) is 40.1 Å². The maximum Gasteiger partial charge on any atom is 0.338 e. The average molecular weight is 505 g/mol. The number of benzene rings is 2. The zero-order chi connectivity index (χ0) is 25.7. The lowest BCUT2D eigenvalue weighted by Gasteiger charge is -2.24. The summed E-state index contributed by atoms with van der Waals surface area (Å²) in [7, 11) is 1.64. The number of fused-ring (bicyclic) bond motifs is 2. The zero-order valence-electron chi connectivity index (χ0n) is 19.5. The molecule has 0 bridgehead atoms. The van der Waals surface area contributed by atoms with Crippen LogP contribution in [0.3, 0.4) is 0 Å². The first kappa shape index (κ1) is 23.4. The largest absolute Gasteiger partial charge is 0.463 e. The monoisotopic (exact) mass is 504 g/mol. The molecule has 0 fully saturated rings. The summed E-state index contributed by atoms with van der Waals surface area (Å²) in [6.45, 7) is 3.39. The standard InChI is InChI=1S/C25H20N4O6S/c1-4-35-24(32)18-13(2)26-25-28(20(18)14-8-7-9-15(12-14)29(33)34)23(31)21(36-25)19-16-10-5-6-11-17(16)27(3)22(19)30/h5-12,20H,4H2,1-3H3/b21-19-/t20-/m1/s1. The van der Waals surface area contributed by atoms with Crippen LogP contribution in [0.4, 0.5) is 11.4 Å². The van der Waals surface area contributed by atoms with E-state index in [2.05, 4.69) is 4.99 Å². The first-order valence-electron chi connectivity index (χ1n) is 11.1. The number of nitro benzene ring substituents is 1. The van der Waals surface area contributed by atoms with Crippen molar-refractivity contribution >= 4 is 40.2 Å². The third-order valence-electron chi connectivity index (χ3n) is 6.17. The predicted octanol–water partition coefficient (Wildman–Crippen LogP) is 2.05. The molecular weight excluding hydrogens is 484 g/mol. The lowest BCUT2D eigenvalue weighted by atomic mass is 9.95. The van der Waals surface area contributed by atoms with Crippen LogP contribution in [0.5, 0.6) is 0 Å². The van der Waals surface area contributed by atoms with E-state index in [0.717, 1.165) is 11.3 Å².